The molecule has 28 heavy (non-hydrogen) atoms. The van der Waals surface area contributed by atoms with Crippen LogP contribution in [0.4, 0.5) is 0 Å². The molecule has 0 spiro atoms. The minimum Gasteiger partial charge on any atom is -0.242 e. The van der Waals surface area contributed by atoms with E-state index in [-0.39, 0.29) is 0 Å². The molecule has 0 amide bonds. The van der Waals surface area contributed by atoms with Gasteiger partial charge in [0.25, 0.3) is 0 Å². The summed E-state index contributed by atoms with van der Waals surface area (Å²) in [5, 5.41) is 0. The lowest BCUT2D eigenvalue weighted by atomic mass is 10.1. The van der Waals surface area contributed by atoms with Crippen molar-refractivity contribution in [2.75, 3.05) is 0 Å². The maximum atomic E-state index is 4.30. The summed E-state index contributed by atoms with van der Waals surface area (Å²) in [6.07, 6.45) is 12.1. The smallest absolute Gasteiger partial charge is 0.125 e. The van der Waals surface area contributed by atoms with Gasteiger partial charge in [-0.1, -0.05) is 122 Å². The van der Waals surface area contributed by atoms with Crippen LogP contribution in [0.2, 0.25) is 0 Å². The number of aromatic nitrogens is 2. The van der Waals surface area contributed by atoms with E-state index in [1.54, 1.807) is 0 Å². The summed E-state index contributed by atoms with van der Waals surface area (Å²) in [6, 6.07) is 1.99. The Morgan fingerprint density at radius 3 is 1.43 bits per heavy atom. The van der Waals surface area contributed by atoms with Gasteiger partial charge in [0.05, 0.1) is 0 Å². The fourth-order valence-electron chi connectivity index (χ4n) is 1.64. The van der Waals surface area contributed by atoms with Crippen LogP contribution in [0.3, 0.4) is 0 Å². The highest BCUT2D eigenvalue weighted by atomic mass is 14.9. The van der Waals surface area contributed by atoms with Crippen molar-refractivity contribution in [1.29, 1.82) is 0 Å². The Labute approximate surface area is 181 Å². The van der Waals surface area contributed by atoms with Crippen molar-refractivity contribution >= 4 is 0 Å². The van der Waals surface area contributed by atoms with Crippen molar-refractivity contribution in [2.45, 2.75) is 141 Å². The third-order valence-corrected chi connectivity index (χ3v) is 3.72. The van der Waals surface area contributed by atoms with Gasteiger partial charge in [-0.25, -0.2) is 9.97 Å². The second kappa shape index (κ2) is 40.7. The molecule has 172 valence electrons. The molecule has 2 heteroatoms. The minimum atomic E-state index is 0.874. The first-order valence-corrected chi connectivity index (χ1v) is 12.3. The topological polar surface area (TPSA) is 25.8 Å². The molecule has 0 unspecified atom stereocenters. The lowest BCUT2D eigenvalue weighted by molar-refractivity contribution is 0.544. The van der Waals surface area contributed by atoms with Gasteiger partial charge >= 0.3 is 0 Å². The lowest BCUT2D eigenvalue weighted by Crippen LogP contribution is -1.93. The molecule has 0 bridgehead atoms. The van der Waals surface area contributed by atoms with Gasteiger partial charge < -0.3 is 0 Å². The monoisotopic (exact) mass is 398 g/mol. The van der Waals surface area contributed by atoms with Crippen molar-refractivity contribution in [2.24, 2.45) is 5.92 Å². The normalized spacial score (nSPS) is 8.21. The first kappa shape index (κ1) is 37.8. The Bertz CT molecular complexity index is 318. The predicted octanol–water partition coefficient (Wildman–Crippen LogP) is 9.85. The van der Waals surface area contributed by atoms with E-state index >= 15 is 0 Å². The maximum absolute atomic E-state index is 4.30. The van der Waals surface area contributed by atoms with Crippen LogP contribution in [0.1, 0.15) is 140 Å². The van der Waals surface area contributed by atoms with Gasteiger partial charge in [-0.3, -0.25) is 0 Å². The molecule has 0 atom stereocenters. The number of unbranched alkanes of at least 4 members (excludes halogenated alkanes) is 3. The predicted molar refractivity (Wildman–Crippen MR) is 134 cm³/mol. The van der Waals surface area contributed by atoms with E-state index in [0.717, 1.165) is 18.2 Å². The van der Waals surface area contributed by atoms with Crippen molar-refractivity contribution in [3.05, 3.63) is 23.8 Å². The zero-order valence-corrected chi connectivity index (χ0v) is 22.3. The molecule has 0 aliphatic rings. The number of hydrogen-bond donors (Lipinski definition) is 0. The van der Waals surface area contributed by atoms with Crippen molar-refractivity contribution in [3.63, 3.8) is 0 Å². The maximum Gasteiger partial charge on any atom is 0.125 e. The average Bonchev–Trinajstić information content (AvgIpc) is 2.77. The molecule has 0 radical (unpaired) electrons. The van der Waals surface area contributed by atoms with Crippen molar-refractivity contribution < 1.29 is 0 Å². The first-order chi connectivity index (χ1) is 13.5. The second-order valence-electron chi connectivity index (χ2n) is 5.97. The molecule has 0 aliphatic heterocycles. The van der Waals surface area contributed by atoms with E-state index in [9.17, 15) is 0 Å². The van der Waals surface area contributed by atoms with Gasteiger partial charge in [-0.2, -0.15) is 0 Å². The molecule has 1 aromatic heterocycles. The van der Waals surface area contributed by atoms with E-state index in [4.69, 9.17) is 0 Å². The van der Waals surface area contributed by atoms with Gasteiger partial charge in [-0.15, -0.1) is 0 Å². The van der Waals surface area contributed by atoms with Crippen LogP contribution < -0.4 is 0 Å². The number of hydrogen-bond acceptors (Lipinski definition) is 2. The van der Waals surface area contributed by atoms with Crippen LogP contribution in [0.25, 0.3) is 0 Å². The molecular weight excluding hydrogens is 340 g/mol. The van der Waals surface area contributed by atoms with Crippen LogP contribution in [0.5, 0.6) is 0 Å². The third-order valence-electron chi connectivity index (χ3n) is 3.72. The zero-order valence-electron chi connectivity index (χ0n) is 22.3. The fraction of sp³-hybridized carbons (Fsp3) is 0.846. The summed E-state index contributed by atoms with van der Waals surface area (Å²) < 4.78 is 0. The molecule has 0 saturated heterocycles. The molecule has 2 nitrogen and oxygen atoms in total. The van der Waals surface area contributed by atoms with E-state index in [0.29, 0.717) is 0 Å². The first-order valence-electron chi connectivity index (χ1n) is 12.3. The van der Waals surface area contributed by atoms with Crippen LogP contribution >= 0.6 is 0 Å². The number of nitrogens with zero attached hydrogens (tertiary/aromatic N) is 2. The molecule has 0 aromatic carbocycles. The van der Waals surface area contributed by atoms with E-state index in [1.165, 1.54) is 50.6 Å². The standard InChI is InChI=1S/C9H14N2.C6H14.C5H12.3C2H6/c1-3-4-5-9-6-7-10-8(2)11-9;1-4-6(3)5-2;1-3-5-4-2;3*1-2/h6-7H,3-5H2,1-2H3;6H,4-5H2,1-3H3;3-5H2,1-2H3;3*1-2H3. The highest BCUT2D eigenvalue weighted by molar-refractivity contribution is 5.01. The van der Waals surface area contributed by atoms with Crippen molar-refractivity contribution in [1.82, 2.24) is 9.97 Å². The summed E-state index contributed by atoms with van der Waals surface area (Å²) in [7, 11) is 0. The summed E-state index contributed by atoms with van der Waals surface area (Å²) in [6.45, 7) is 27.3. The number of aryl methyl sites for hydroxylation is 2. The van der Waals surface area contributed by atoms with E-state index in [1.807, 2.05) is 60.7 Å². The average molecular weight is 399 g/mol. The van der Waals surface area contributed by atoms with Crippen LogP contribution in [0.15, 0.2) is 12.3 Å². The van der Waals surface area contributed by atoms with E-state index < -0.39 is 0 Å². The zero-order chi connectivity index (χ0) is 23.2. The van der Waals surface area contributed by atoms with Gasteiger partial charge in [-0.05, 0) is 31.7 Å². The van der Waals surface area contributed by atoms with Gasteiger partial charge in [0.2, 0.25) is 0 Å². The molecular formula is C26H58N2. The Kier molecular flexibility index (Phi) is 54.9. The summed E-state index contributed by atoms with van der Waals surface area (Å²) in [5.74, 6) is 1.81. The van der Waals surface area contributed by atoms with Crippen LogP contribution in [-0.4, -0.2) is 9.97 Å². The fourth-order valence-corrected chi connectivity index (χ4v) is 1.64. The van der Waals surface area contributed by atoms with Crippen molar-refractivity contribution in [3.8, 4) is 0 Å². The lowest BCUT2D eigenvalue weighted by Gasteiger charge is -1.98. The Hall–Kier alpha value is -0.920. The molecule has 0 saturated carbocycles. The summed E-state index contributed by atoms with van der Waals surface area (Å²) in [4.78, 5) is 8.34. The molecule has 1 aromatic rings. The molecule has 0 aliphatic carbocycles. The highest BCUT2D eigenvalue weighted by Gasteiger charge is 1.93. The SMILES string of the molecule is CC.CC.CC.CCC(C)CC.CCCCC.CCCCc1ccnc(C)n1. The van der Waals surface area contributed by atoms with Gasteiger partial charge in [0, 0.05) is 11.9 Å². The Morgan fingerprint density at radius 2 is 1.18 bits per heavy atom. The summed E-state index contributed by atoms with van der Waals surface area (Å²) >= 11 is 0. The van der Waals surface area contributed by atoms with Crippen LogP contribution in [0, 0.1) is 12.8 Å². The Balaban J connectivity index is -0.0000000892. The second-order valence-corrected chi connectivity index (χ2v) is 5.97. The quantitative estimate of drug-likeness (QED) is 0.456. The van der Waals surface area contributed by atoms with Crippen LogP contribution in [-0.2, 0) is 6.42 Å². The molecule has 0 N–H and O–H groups in total. The summed E-state index contributed by atoms with van der Waals surface area (Å²) in [5.41, 5.74) is 1.17. The number of rotatable bonds is 7. The van der Waals surface area contributed by atoms with Gasteiger partial charge in [0.15, 0.2) is 0 Å². The van der Waals surface area contributed by atoms with E-state index in [2.05, 4.69) is 51.5 Å². The highest BCUT2D eigenvalue weighted by Crippen LogP contribution is 2.03. The molecule has 1 rings (SSSR count). The molecule has 1 heterocycles. The Morgan fingerprint density at radius 1 is 0.750 bits per heavy atom. The largest absolute Gasteiger partial charge is 0.242 e. The third kappa shape index (κ3) is 39.9. The van der Waals surface area contributed by atoms with Gasteiger partial charge in [0.1, 0.15) is 5.82 Å². The molecule has 0 fully saturated rings. The minimum absolute atomic E-state index is 0.874.